The van der Waals surface area contributed by atoms with E-state index in [-0.39, 0.29) is 37.3 Å². The molecule has 1 rings (SSSR count). The van der Waals surface area contributed by atoms with Gasteiger partial charge < -0.3 is 40.4 Å². The van der Waals surface area contributed by atoms with E-state index in [4.69, 9.17) is 14.2 Å². The maximum absolute atomic E-state index is 12.9. The lowest BCUT2D eigenvalue weighted by Gasteiger charge is -2.43. The molecule has 0 saturated carbocycles. The van der Waals surface area contributed by atoms with Crippen LogP contribution in [0.4, 0.5) is 0 Å². The Morgan fingerprint density at radius 2 is 1.17 bits per heavy atom. The Hall–Kier alpha value is -2.28. The number of carbonyl (C=O) groups is 4. The summed E-state index contributed by atoms with van der Waals surface area (Å²) in [6.45, 7) is 5.92. The zero-order valence-corrected chi connectivity index (χ0v) is 30.1. The molecule has 48 heavy (non-hydrogen) atoms. The van der Waals surface area contributed by atoms with Crippen LogP contribution in [0.3, 0.4) is 0 Å². The van der Waals surface area contributed by atoms with Gasteiger partial charge in [0, 0.05) is 32.4 Å². The molecule has 5 N–H and O–H groups in total. The molecule has 1 aliphatic heterocycles. The Balaban J connectivity index is 2.50. The van der Waals surface area contributed by atoms with Crippen molar-refractivity contribution in [2.45, 2.75) is 180 Å². The van der Waals surface area contributed by atoms with Crippen molar-refractivity contribution in [3.63, 3.8) is 0 Å². The standard InChI is InChI=1S/C36H67N3O9/c1-4-7-9-11-12-13-14-16-19-23-30(42)38-26-32(44)48-35-33(36(46-6-3)47-28(27-40)34(35)45)39-31(43)24-20-17-21-25-37-29(41)22-18-15-10-8-5-2/h28,33-36,40,45H,4-27H2,1-3H3,(H,37,41)(H,38,42)(H,39,43)/t28-,33-,34-,35-,36+/m1/s1. The van der Waals surface area contributed by atoms with E-state index in [1.807, 2.05) is 0 Å². The van der Waals surface area contributed by atoms with E-state index >= 15 is 0 Å². The highest BCUT2D eigenvalue weighted by Crippen LogP contribution is 2.25. The predicted molar refractivity (Wildman–Crippen MR) is 185 cm³/mol. The highest BCUT2D eigenvalue weighted by molar-refractivity contribution is 5.82. The first-order valence-corrected chi connectivity index (χ1v) is 18.8. The fourth-order valence-electron chi connectivity index (χ4n) is 5.77. The number of rotatable bonds is 29. The molecule has 0 spiro atoms. The maximum atomic E-state index is 12.9. The van der Waals surface area contributed by atoms with Gasteiger partial charge in [-0.3, -0.25) is 19.2 Å². The third kappa shape index (κ3) is 20.3. The molecule has 280 valence electrons. The van der Waals surface area contributed by atoms with Gasteiger partial charge in [0.25, 0.3) is 0 Å². The molecule has 0 aromatic rings. The molecule has 1 heterocycles. The van der Waals surface area contributed by atoms with Crippen LogP contribution in [0.2, 0.25) is 0 Å². The molecule has 3 amide bonds. The summed E-state index contributed by atoms with van der Waals surface area (Å²) in [6, 6.07) is -1.03. The van der Waals surface area contributed by atoms with E-state index < -0.39 is 43.2 Å². The molecular weight excluding hydrogens is 618 g/mol. The lowest BCUT2D eigenvalue weighted by atomic mass is 9.96. The van der Waals surface area contributed by atoms with Crippen molar-refractivity contribution < 1.29 is 43.6 Å². The minimum absolute atomic E-state index is 0.0576. The molecule has 0 radical (unpaired) electrons. The van der Waals surface area contributed by atoms with Crippen LogP contribution in [0.1, 0.15) is 149 Å². The van der Waals surface area contributed by atoms with E-state index in [1.54, 1.807) is 6.92 Å². The lowest BCUT2D eigenvalue weighted by Crippen LogP contribution is -2.66. The van der Waals surface area contributed by atoms with Gasteiger partial charge in [-0.15, -0.1) is 0 Å². The molecule has 5 atom stereocenters. The van der Waals surface area contributed by atoms with Gasteiger partial charge in [-0.25, -0.2) is 0 Å². The van der Waals surface area contributed by atoms with Gasteiger partial charge in [0.05, 0.1) is 6.61 Å². The summed E-state index contributed by atoms with van der Waals surface area (Å²) in [5.74, 6) is -1.32. The van der Waals surface area contributed by atoms with Crippen LogP contribution in [0.5, 0.6) is 0 Å². The monoisotopic (exact) mass is 685 g/mol. The first kappa shape index (κ1) is 43.7. The molecule has 12 nitrogen and oxygen atoms in total. The first-order valence-electron chi connectivity index (χ1n) is 18.8. The van der Waals surface area contributed by atoms with Crippen molar-refractivity contribution in [1.29, 1.82) is 0 Å². The number of unbranched alkanes of at least 4 members (excludes halogenated alkanes) is 14. The fraction of sp³-hybridized carbons (Fsp3) is 0.889. The molecule has 0 unspecified atom stereocenters. The van der Waals surface area contributed by atoms with Gasteiger partial charge in [0.15, 0.2) is 12.4 Å². The quantitative estimate of drug-likeness (QED) is 0.0559. The molecule has 0 aromatic carbocycles. The number of esters is 1. The smallest absolute Gasteiger partial charge is 0.325 e. The van der Waals surface area contributed by atoms with Crippen molar-refractivity contribution in [2.24, 2.45) is 0 Å². The summed E-state index contributed by atoms with van der Waals surface area (Å²) in [6.07, 6.45) is 13.9. The summed E-state index contributed by atoms with van der Waals surface area (Å²) >= 11 is 0. The third-order valence-corrected chi connectivity index (χ3v) is 8.63. The summed E-state index contributed by atoms with van der Waals surface area (Å²) in [5.41, 5.74) is 0. The van der Waals surface area contributed by atoms with Gasteiger partial charge in [-0.1, -0.05) is 97.3 Å². The molecule has 0 aromatic heterocycles. The Labute approximate surface area is 289 Å². The highest BCUT2D eigenvalue weighted by Gasteiger charge is 2.48. The van der Waals surface area contributed by atoms with Crippen LogP contribution in [0.15, 0.2) is 0 Å². The number of carbonyl (C=O) groups excluding carboxylic acids is 4. The minimum Gasteiger partial charge on any atom is -0.456 e. The Morgan fingerprint density at radius 3 is 1.71 bits per heavy atom. The summed E-state index contributed by atoms with van der Waals surface area (Å²) in [7, 11) is 0. The number of hydrogen-bond donors (Lipinski definition) is 5. The first-order chi connectivity index (χ1) is 23.3. The van der Waals surface area contributed by atoms with Crippen molar-refractivity contribution >= 4 is 23.7 Å². The second-order valence-corrected chi connectivity index (χ2v) is 12.9. The van der Waals surface area contributed by atoms with Crippen LogP contribution < -0.4 is 16.0 Å². The molecule has 1 fully saturated rings. The van der Waals surface area contributed by atoms with Crippen molar-refractivity contribution in [3.8, 4) is 0 Å². The van der Waals surface area contributed by atoms with Gasteiger partial charge >= 0.3 is 5.97 Å². The average molecular weight is 686 g/mol. The van der Waals surface area contributed by atoms with E-state index in [2.05, 4.69) is 29.8 Å². The van der Waals surface area contributed by atoms with E-state index in [9.17, 15) is 29.4 Å². The van der Waals surface area contributed by atoms with Gasteiger partial charge in [-0.2, -0.15) is 0 Å². The Bertz CT molecular complexity index is 876. The van der Waals surface area contributed by atoms with E-state index in [0.29, 0.717) is 25.8 Å². The number of ether oxygens (including phenoxy) is 3. The highest BCUT2D eigenvalue weighted by atomic mass is 16.7. The number of amides is 3. The van der Waals surface area contributed by atoms with Crippen molar-refractivity contribution in [1.82, 2.24) is 16.0 Å². The Morgan fingerprint density at radius 1 is 0.667 bits per heavy atom. The van der Waals surface area contributed by atoms with Gasteiger partial charge in [0.2, 0.25) is 17.7 Å². The fourth-order valence-corrected chi connectivity index (χ4v) is 5.77. The van der Waals surface area contributed by atoms with Crippen LogP contribution >= 0.6 is 0 Å². The number of nitrogens with one attached hydrogen (secondary N) is 3. The number of aliphatic hydroxyl groups is 2. The summed E-state index contributed by atoms with van der Waals surface area (Å²) < 4.78 is 16.9. The zero-order valence-electron chi connectivity index (χ0n) is 30.1. The predicted octanol–water partition coefficient (Wildman–Crippen LogP) is 4.57. The van der Waals surface area contributed by atoms with Crippen LogP contribution in [-0.2, 0) is 33.4 Å². The second kappa shape index (κ2) is 28.5. The molecule has 1 aliphatic rings. The molecule has 1 saturated heterocycles. The van der Waals surface area contributed by atoms with E-state index in [1.165, 1.54) is 51.4 Å². The molecule has 0 aliphatic carbocycles. The second-order valence-electron chi connectivity index (χ2n) is 12.9. The number of aliphatic hydroxyl groups excluding tert-OH is 2. The maximum Gasteiger partial charge on any atom is 0.325 e. The van der Waals surface area contributed by atoms with E-state index in [0.717, 1.165) is 51.4 Å². The third-order valence-electron chi connectivity index (χ3n) is 8.63. The normalized spacial score (nSPS) is 20.6. The minimum atomic E-state index is -1.44. The largest absolute Gasteiger partial charge is 0.456 e. The van der Waals surface area contributed by atoms with Crippen LogP contribution in [0, 0.1) is 0 Å². The number of hydrogen-bond acceptors (Lipinski definition) is 9. The average Bonchev–Trinajstić information content (AvgIpc) is 3.07. The Kier molecular flexibility index (Phi) is 26.0. The zero-order chi connectivity index (χ0) is 35.4. The van der Waals surface area contributed by atoms with Crippen LogP contribution in [0.25, 0.3) is 0 Å². The van der Waals surface area contributed by atoms with Gasteiger partial charge in [0.1, 0.15) is 24.8 Å². The summed E-state index contributed by atoms with van der Waals surface area (Å²) in [4.78, 5) is 50.0. The molecule has 12 heteroatoms. The topological polar surface area (TPSA) is 173 Å². The lowest BCUT2D eigenvalue weighted by molar-refractivity contribution is -0.272. The van der Waals surface area contributed by atoms with Crippen molar-refractivity contribution in [3.05, 3.63) is 0 Å². The SMILES string of the molecule is CCCCCCCCCCCC(=O)NCC(=O)O[C@H]1[C@H](O)[C@@H](CO)O[C@H](OCC)[C@@H]1NC(=O)CCCCCNC(=O)CCCCCCC. The van der Waals surface area contributed by atoms with Crippen LogP contribution in [-0.4, -0.2) is 90.9 Å². The van der Waals surface area contributed by atoms with Gasteiger partial charge in [-0.05, 0) is 32.6 Å². The summed E-state index contributed by atoms with van der Waals surface area (Å²) in [5, 5.41) is 29.0. The molecule has 0 bridgehead atoms. The van der Waals surface area contributed by atoms with Crippen molar-refractivity contribution in [2.75, 3.05) is 26.3 Å². The molecular formula is C36H67N3O9.